The quantitative estimate of drug-likeness (QED) is 0.198. The van der Waals surface area contributed by atoms with Crippen LogP contribution in [0.25, 0.3) is 22.1 Å². The van der Waals surface area contributed by atoms with Crippen LogP contribution >= 0.6 is 0 Å². The number of carbonyl (C=O) groups is 2. The third-order valence-electron chi connectivity index (χ3n) is 9.73. The minimum absolute atomic E-state index is 0.346. The molecule has 15 nitrogen and oxygen atoms in total. The van der Waals surface area contributed by atoms with E-state index in [9.17, 15) is 9.59 Å². The molecular weight excluding hydrogens is 672 g/mol. The largest absolute Gasteiger partial charge is 0.379 e. The van der Waals surface area contributed by atoms with E-state index in [0.29, 0.717) is 62.0 Å². The molecule has 7 rings (SSSR count). The van der Waals surface area contributed by atoms with E-state index in [-0.39, 0.29) is 11.8 Å². The summed E-state index contributed by atoms with van der Waals surface area (Å²) in [6.07, 6.45) is 7.64. The molecule has 0 radical (unpaired) electrons. The van der Waals surface area contributed by atoms with E-state index >= 15 is 0 Å². The standard InChI is InChI=1S/C38H46N12O3/c1-7-49-31(22-26(3)42-49)35(51)40-37-45(6)33-24-39-15-14-29(33)47(37)16-9-10-17-48-34-28(25-46-18-20-53-21-19-46)12-11-13-30(34)44(5)38(48)41-36(52)32-23-27(4)43-50(32)8-2/h9-15,22-24H,7-8,16-21,25H2,1-6H3/b10-9+,40-37?,41-38?. The lowest BCUT2D eigenvalue weighted by Gasteiger charge is -2.27. The van der Waals surface area contributed by atoms with Crippen LogP contribution < -0.4 is 11.2 Å². The van der Waals surface area contributed by atoms with Crippen molar-refractivity contribution in [2.45, 2.75) is 60.4 Å². The molecular formula is C38H46N12O3. The Hall–Kier alpha value is -5.67. The van der Waals surface area contributed by atoms with E-state index < -0.39 is 0 Å². The molecule has 5 aromatic heterocycles. The molecule has 1 saturated heterocycles. The molecule has 2 amide bonds. The van der Waals surface area contributed by atoms with Crippen LogP contribution in [0.4, 0.5) is 0 Å². The van der Waals surface area contributed by atoms with Crippen LogP contribution in [-0.2, 0) is 51.6 Å². The number of pyridine rings is 1. The zero-order chi connectivity index (χ0) is 37.2. The number of aryl methyl sites for hydroxylation is 6. The average molecular weight is 719 g/mol. The number of hydrogen-bond acceptors (Lipinski definition) is 7. The van der Waals surface area contributed by atoms with Crippen LogP contribution in [0.5, 0.6) is 0 Å². The minimum atomic E-state index is -0.362. The van der Waals surface area contributed by atoms with Gasteiger partial charge in [-0.3, -0.25) is 28.8 Å². The average Bonchev–Trinajstić information content (AvgIpc) is 3.89. The lowest BCUT2D eigenvalue weighted by atomic mass is 10.1. The number of para-hydroxylation sites is 1. The van der Waals surface area contributed by atoms with Gasteiger partial charge in [-0.05, 0) is 57.5 Å². The number of imidazole rings is 2. The molecule has 0 bridgehead atoms. The minimum Gasteiger partial charge on any atom is -0.379 e. The number of carbonyl (C=O) groups excluding carboxylic acids is 2. The maximum absolute atomic E-state index is 13.8. The van der Waals surface area contributed by atoms with Crippen molar-refractivity contribution in [3.63, 3.8) is 0 Å². The van der Waals surface area contributed by atoms with Crippen LogP contribution in [0.3, 0.4) is 0 Å². The van der Waals surface area contributed by atoms with Gasteiger partial charge in [0.15, 0.2) is 0 Å². The molecule has 0 N–H and O–H groups in total. The lowest BCUT2D eigenvalue weighted by molar-refractivity contribution is 0.0343. The van der Waals surface area contributed by atoms with E-state index in [0.717, 1.165) is 58.7 Å². The monoisotopic (exact) mass is 718 g/mol. The maximum atomic E-state index is 13.8. The van der Waals surface area contributed by atoms with Crippen molar-refractivity contribution in [3.05, 3.63) is 101 Å². The van der Waals surface area contributed by atoms with Gasteiger partial charge in [-0.25, -0.2) is 0 Å². The van der Waals surface area contributed by atoms with E-state index in [4.69, 9.17) is 9.73 Å². The second-order valence-electron chi connectivity index (χ2n) is 13.3. The smallest absolute Gasteiger partial charge is 0.298 e. The predicted molar refractivity (Wildman–Crippen MR) is 200 cm³/mol. The fourth-order valence-electron chi connectivity index (χ4n) is 7.14. The number of rotatable bonds is 10. The summed E-state index contributed by atoms with van der Waals surface area (Å²) in [5.74, 6) is -0.708. The van der Waals surface area contributed by atoms with E-state index in [2.05, 4.69) is 60.0 Å². The maximum Gasteiger partial charge on any atom is 0.298 e. The first-order valence-electron chi connectivity index (χ1n) is 18.1. The summed E-state index contributed by atoms with van der Waals surface area (Å²) in [7, 11) is 3.84. The Labute approximate surface area is 306 Å². The Morgan fingerprint density at radius 2 is 1.38 bits per heavy atom. The van der Waals surface area contributed by atoms with Gasteiger partial charge in [0, 0.05) is 66.1 Å². The topological polar surface area (TPSA) is 140 Å². The molecule has 276 valence electrons. The van der Waals surface area contributed by atoms with Crippen LogP contribution in [0.2, 0.25) is 0 Å². The molecule has 0 spiro atoms. The van der Waals surface area contributed by atoms with Crippen molar-refractivity contribution in [1.82, 2.24) is 47.7 Å². The second kappa shape index (κ2) is 15.1. The molecule has 0 saturated carbocycles. The summed E-state index contributed by atoms with van der Waals surface area (Å²) < 4.78 is 17.0. The Kier molecular flexibility index (Phi) is 10.2. The van der Waals surface area contributed by atoms with Gasteiger partial charge in [-0.2, -0.15) is 20.2 Å². The third kappa shape index (κ3) is 6.97. The number of hydrogen-bond donors (Lipinski definition) is 0. The molecule has 6 aromatic rings. The van der Waals surface area contributed by atoms with Crippen molar-refractivity contribution >= 4 is 33.9 Å². The molecule has 6 heterocycles. The van der Waals surface area contributed by atoms with Gasteiger partial charge < -0.3 is 23.0 Å². The van der Waals surface area contributed by atoms with Crippen molar-refractivity contribution in [3.8, 4) is 0 Å². The van der Waals surface area contributed by atoms with Gasteiger partial charge in [0.05, 0.1) is 52.9 Å². The first-order valence-corrected chi connectivity index (χ1v) is 18.1. The zero-order valence-corrected chi connectivity index (χ0v) is 31.2. The number of aromatic nitrogens is 9. The molecule has 1 aromatic carbocycles. The normalized spacial score (nSPS) is 14.8. The fourth-order valence-corrected chi connectivity index (χ4v) is 7.14. The van der Waals surface area contributed by atoms with Crippen molar-refractivity contribution in [2.24, 2.45) is 24.1 Å². The number of fused-ring (bicyclic) bond motifs is 2. The van der Waals surface area contributed by atoms with Crippen molar-refractivity contribution in [1.29, 1.82) is 0 Å². The molecule has 15 heteroatoms. The van der Waals surface area contributed by atoms with Crippen molar-refractivity contribution < 1.29 is 14.3 Å². The Balaban J connectivity index is 1.29. The summed E-state index contributed by atoms with van der Waals surface area (Å²) in [6.45, 7) is 13.5. The van der Waals surface area contributed by atoms with Gasteiger partial charge in [0.25, 0.3) is 11.8 Å². The molecule has 1 aliphatic heterocycles. The van der Waals surface area contributed by atoms with Gasteiger partial charge >= 0.3 is 0 Å². The molecule has 0 atom stereocenters. The Bertz CT molecular complexity index is 2490. The zero-order valence-electron chi connectivity index (χ0n) is 31.2. The van der Waals surface area contributed by atoms with Gasteiger partial charge in [-0.15, -0.1) is 0 Å². The van der Waals surface area contributed by atoms with Crippen LogP contribution in [0.1, 0.15) is 51.8 Å². The van der Waals surface area contributed by atoms with Gasteiger partial charge in [-0.1, -0.05) is 24.3 Å². The highest BCUT2D eigenvalue weighted by atomic mass is 16.5. The molecule has 0 unspecified atom stereocenters. The predicted octanol–water partition coefficient (Wildman–Crippen LogP) is 3.29. The highest BCUT2D eigenvalue weighted by Crippen LogP contribution is 2.21. The summed E-state index contributed by atoms with van der Waals surface area (Å²) in [4.78, 5) is 43.3. The van der Waals surface area contributed by atoms with E-state index in [1.807, 2.05) is 61.6 Å². The number of ether oxygens (including phenoxy) is 1. The van der Waals surface area contributed by atoms with Crippen LogP contribution in [0, 0.1) is 13.8 Å². The molecule has 1 fully saturated rings. The van der Waals surface area contributed by atoms with E-state index in [1.165, 1.54) is 0 Å². The summed E-state index contributed by atoms with van der Waals surface area (Å²) in [6, 6.07) is 11.8. The second-order valence-corrected chi connectivity index (χ2v) is 13.3. The van der Waals surface area contributed by atoms with Gasteiger partial charge in [0.1, 0.15) is 11.4 Å². The number of benzene rings is 1. The van der Waals surface area contributed by atoms with Gasteiger partial charge in [0.2, 0.25) is 11.2 Å². The highest BCUT2D eigenvalue weighted by Gasteiger charge is 2.20. The van der Waals surface area contributed by atoms with Crippen LogP contribution in [-0.4, -0.2) is 85.8 Å². The molecule has 53 heavy (non-hydrogen) atoms. The highest BCUT2D eigenvalue weighted by molar-refractivity contribution is 5.94. The summed E-state index contributed by atoms with van der Waals surface area (Å²) in [5, 5.41) is 8.92. The third-order valence-corrected chi connectivity index (χ3v) is 9.73. The molecule has 1 aliphatic rings. The Morgan fingerprint density at radius 1 is 0.792 bits per heavy atom. The van der Waals surface area contributed by atoms with Crippen LogP contribution in [0.15, 0.2) is 70.9 Å². The van der Waals surface area contributed by atoms with Crippen molar-refractivity contribution in [2.75, 3.05) is 26.3 Å². The first kappa shape index (κ1) is 35.7. The molecule has 0 aliphatic carbocycles. The number of morpholine rings is 1. The fraction of sp³-hybridized carbons (Fsp3) is 0.395. The summed E-state index contributed by atoms with van der Waals surface area (Å²) >= 11 is 0. The number of amides is 2. The SMILES string of the molecule is CCn1nc(C)cc1C(=O)N=c1n(C)c2cnccc2n1C/C=C/Cn1c(=NC(=O)c2cc(C)nn2CC)n(C)c2cccc(CN3CCOCC3)c21. The number of nitrogens with zero attached hydrogens (tertiary/aromatic N) is 12. The number of allylic oxidation sites excluding steroid dienone is 2. The first-order chi connectivity index (χ1) is 25.7. The van der Waals surface area contributed by atoms with E-state index in [1.54, 1.807) is 33.9 Å². The Morgan fingerprint density at radius 3 is 2.00 bits per heavy atom. The lowest BCUT2D eigenvalue weighted by Crippen LogP contribution is -2.35. The summed E-state index contributed by atoms with van der Waals surface area (Å²) in [5.41, 5.74) is 8.37.